The zero-order chi connectivity index (χ0) is 21.6. The molecule has 156 valence electrons. The number of nitrogens with zero attached hydrogens (tertiary/aromatic N) is 1. The van der Waals surface area contributed by atoms with Crippen molar-refractivity contribution < 1.29 is 17.9 Å². The van der Waals surface area contributed by atoms with E-state index in [9.17, 15) is 13.2 Å². The van der Waals surface area contributed by atoms with Gasteiger partial charge in [0, 0.05) is 24.6 Å². The molecule has 0 aliphatic rings. The van der Waals surface area contributed by atoms with E-state index < -0.39 is 16.1 Å². The maximum atomic E-state index is 12.7. The first-order chi connectivity index (χ1) is 14.4. The van der Waals surface area contributed by atoms with E-state index in [0.717, 1.165) is 11.1 Å². The molecule has 0 bridgehead atoms. The van der Waals surface area contributed by atoms with Crippen molar-refractivity contribution in [1.82, 2.24) is 10.3 Å². The predicted octanol–water partition coefficient (Wildman–Crippen LogP) is 3.52. The van der Waals surface area contributed by atoms with E-state index in [-0.39, 0.29) is 4.90 Å². The molecule has 0 saturated carbocycles. The minimum absolute atomic E-state index is 0.0640. The molecule has 0 unspecified atom stereocenters. The van der Waals surface area contributed by atoms with Crippen molar-refractivity contribution in [2.75, 3.05) is 17.1 Å². The van der Waals surface area contributed by atoms with E-state index >= 15 is 0 Å². The summed E-state index contributed by atoms with van der Waals surface area (Å²) in [4.78, 5) is 16.1. The second-order valence-corrected chi connectivity index (χ2v) is 8.13. The molecule has 0 aliphatic carbocycles. The Labute approximate surface area is 175 Å². The van der Waals surface area contributed by atoms with Gasteiger partial charge in [0.05, 0.1) is 17.7 Å². The van der Waals surface area contributed by atoms with Gasteiger partial charge in [-0.1, -0.05) is 18.2 Å². The summed E-state index contributed by atoms with van der Waals surface area (Å²) in [5.74, 6) is 0.433. The number of aryl methyl sites for hydroxylation is 1. The number of urea groups is 1. The van der Waals surface area contributed by atoms with Crippen LogP contribution in [0.2, 0.25) is 0 Å². The van der Waals surface area contributed by atoms with Gasteiger partial charge in [0.1, 0.15) is 5.75 Å². The van der Waals surface area contributed by atoms with Gasteiger partial charge in [-0.25, -0.2) is 13.2 Å². The number of para-hydroxylation sites is 1. The highest BCUT2D eigenvalue weighted by molar-refractivity contribution is 7.92. The Morgan fingerprint density at radius 1 is 1.07 bits per heavy atom. The Morgan fingerprint density at radius 2 is 1.83 bits per heavy atom. The fourth-order valence-corrected chi connectivity index (χ4v) is 3.86. The van der Waals surface area contributed by atoms with Crippen molar-refractivity contribution in [3.8, 4) is 5.75 Å². The summed E-state index contributed by atoms with van der Waals surface area (Å²) < 4.78 is 33.3. The van der Waals surface area contributed by atoms with Crippen LogP contribution in [-0.2, 0) is 16.6 Å². The van der Waals surface area contributed by atoms with Crippen molar-refractivity contribution in [3.63, 3.8) is 0 Å². The maximum absolute atomic E-state index is 12.7. The number of carbonyl (C=O) groups excluding carboxylic acids is 1. The van der Waals surface area contributed by atoms with Crippen molar-refractivity contribution in [3.05, 3.63) is 78.1 Å². The van der Waals surface area contributed by atoms with Crippen LogP contribution in [0.15, 0.2) is 71.9 Å². The van der Waals surface area contributed by atoms with E-state index in [0.29, 0.717) is 23.7 Å². The van der Waals surface area contributed by atoms with Crippen LogP contribution in [0.3, 0.4) is 0 Å². The van der Waals surface area contributed by atoms with Gasteiger partial charge < -0.3 is 15.4 Å². The number of anilines is 2. The molecule has 9 heteroatoms. The van der Waals surface area contributed by atoms with E-state index in [1.54, 1.807) is 43.6 Å². The molecule has 2 amide bonds. The first kappa shape index (κ1) is 21.1. The number of hydrogen-bond acceptors (Lipinski definition) is 5. The molecular weight excluding hydrogens is 404 g/mol. The van der Waals surface area contributed by atoms with Crippen LogP contribution in [0.4, 0.5) is 16.2 Å². The van der Waals surface area contributed by atoms with Crippen LogP contribution in [0.1, 0.15) is 11.1 Å². The van der Waals surface area contributed by atoms with E-state index in [4.69, 9.17) is 4.74 Å². The Kier molecular flexibility index (Phi) is 6.53. The number of aromatic nitrogens is 1. The largest absolute Gasteiger partial charge is 0.495 e. The van der Waals surface area contributed by atoms with E-state index in [2.05, 4.69) is 20.3 Å². The minimum Gasteiger partial charge on any atom is -0.495 e. The minimum atomic E-state index is -3.83. The molecule has 0 saturated heterocycles. The lowest BCUT2D eigenvalue weighted by Crippen LogP contribution is -2.28. The third-order valence-electron chi connectivity index (χ3n) is 4.29. The number of benzene rings is 2. The Balaban J connectivity index is 1.65. The van der Waals surface area contributed by atoms with Crippen LogP contribution in [-0.4, -0.2) is 26.5 Å². The van der Waals surface area contributed by atoms with Crippen molar-refractivity contribution in [2.24, 2.45) is 0 Å². The number of hydrogen-bond donors (Lipinski definition) is 3. The lowest BCUT2D eigenvalue weighted by Gasteiger charge is -2.14. The molecule has 3 N–H and O–H groups in total. The number of sulfonamides is 1. The van der Waals surface area contributed by atoms with Gasteiger partial charge in [0.15, 0.2) is 0 Å². The zero-order valence-electron chi connectivity index (χ0n) is 16.5. The van der Waals surface area contributed by atoms with Crippen LogP contribution in [0.25, 0.3) is 0 Å². The molecule has 0 atom stereocenters. The van der Waals surface area contributed by atoms with Gasteiger partial charge >= 0.3 is 6.03 Å². The fourth-order valence-electron chi connectivity index (χ4n) is 2.71. The first-order valence-corrected chi connectivity index (χ1v) is 10.6. The number of methoxy groups -OCH3 is 1. The number of nitrogens with one attached hydrogen (secondary N) is 3. The lowest BCUT2D eigenvalue weighted by atomic mass is 10.2. The summed E-state index contributed by atoms with van der Waals surface area (Å²) in [6, 6.07) is 14.4. The van der Waals surface area contributed by atoms with E-state index in [1.807, 2.05) is 6.07 Å². The van der Waals surface area contributed by atoms with Crippen LogP contribution < -0.4 is 20.1 Å². The highest BCUT2D eigenvalue weighted by Gasteiger charge is 2.18. The summed E-state index contributed by atoms with van der Waals surface area (Å²) in [6.45, 7) is 2.12. The number of pyridine rings is 1. The number of amides is 2. The van der Waals surface area contributed by atoms with Crippen LogP contribution >= 0.6 is 0 Å². The maximum Gasteiger partial charge on any atom is 0.319 e. The van der Waals surface area contributed by atoms with Crippen molar-refractivity contribution >= 4 is 27.4 Å². The average Bonchev–Trinajstić information content (AvgIpc) is 2.75. The van der Waals surface area contributed by atoms with Crippen LogP contribution in [0.5, 0.6) is 5.75 Å². The molecule has 0 fully saturated rings. The molecule has 30 heavy (non-hydrogen) atoms. The second-order valence-electron chi connectivity index (χ2n) is 6.45. The lowest BCUT2D eigenvalue weighted by molar-refractivity contribution is 0.251. The molecule has 0 spiro atoms. The molecule has 0 aliphatic heterocycles. The Morgan fingerprint density at radius 3 is 2.50 bits per heavy atom. The number of rotatable bonds is 7. The van der Waals surface area contributed by atoms with E-state index in [1.165, 1.54) is 31.4 Å². The summed E-state index contributed by atoms with van der Waals surface area (Å²) in [5.41, 5.74) is 2.45. The Bertz CT molecular complexity index is 1120. The molecule has 8 nitrogen and oxygen atoms in total. The highest BCUT2D eigenvalue weighted by Crippen LogP contribution is 2.30. The topological polar surface area (TPSA) is 109 Å². The zero-order valence-corrected chi connectivity index (χ0v) is 17.4. The molecule has 3 rings (SSSR count). The fraction of sp³-hybridized carbons (Fsp3) is 0.143. The second kappa shape index (κ2) is 9.27. The first-order valence-electron chi connectivity index (χ1n) is 9.09. The highest BCUT2D eigenvalue weighted by atomic mass is 32.2. The standard InChI is InChI=1S/C21H22N4O4S/c1-15-5-3-7-19(29-2)20(15)25-30(27,28)18-10-8-17(9-11-18)24-21(26)23-14-16-6-4-12-22-13-16/h3-13,25H,14H2,1-2H3,(H2,23,24,26). The van der Waals surface area contributed by atoms with Gasteiger partial charge in [0.2, 0.25) is 0 Å². The number of carbonyl (C=O) groups is 1. The Hall–Kier alpha value is -3.59. The van der Waals surface area contributed by atoms with Gasteiger partial charge in [-0.15, -0.1) is 0 Å². The summed E-state index contributed by atoms with van der Waals surface area (Å²) in [5, 5.41) is 5.37. The summed E-state index contributed by atoms with van der Waals surface area (Å²) >= 11 is 0. The molecule has 2 aromatic carbocycles. The molecule has 1 aromatic heterocycles. The predicted molar refractivity (Wildman–Crippen MR) is 115 cm³/mol. The van der Waals surface area contributed by atoms with Crippen molar-refractivity contribution in [1.29, 1.82) is 0 Å². The third kappa shape index (κ3) is 5.26. The third-order valence-corrected chi connectivity index (χ3v) is 5.65. The van der Waals surface area contributed by atoms with Gasteiger partial charge in [0.25, 0.3) is 10.0 Å². The smallest absolute Gasteiger partial charge is 0.319 e. The summed E-state index contributed by atoms with van der Waals surface area (Å²) in [6.07, 6.45) is 3.32. The normalized spacial score (nSPS) is 10.9. The average molecular weight is 426 g/mol. The van der Waals surface area contributed by atoms with Gasteiger partial charge in [-0.2, -0.15) is 0 Å². The molecular formula is C21H22N4O4S. The summed E-state index contributed by atoms with van der Waals surface area (Å²) in [7, 11) is -2.35. The quantitative estimate of drug-likeness (QED) is 0.536. The molecule has 1 heterocycles. The monoisotopic (exact) mass is 426 g/mol. The SMILES string of the molecule is COc1cccc(C)c1NS(=O)(=O)c1ccc(NC(=O)NCc2cccnc2)cc1. The van der Waals surface area contributed by atoms with Crippen LogP contribution in [0, 0.1) is 6.92 Å². The molecule has 3 aromatic rings. The van der Waals surface area contributed by atoms with Gasteiger partial charge in [-0.05, 0) is 54.4 Å². The van der Waals surface area contributed by atoms with Gasteiger partial charge in [-0.3, -0.25) is 9.71 Å². The molecule has 0 radical (unpaired) electrons. The van der Waals surface area contributed by atoms with Crippen molar-refractivity contribution in [2.45, 2.75) is 18.4 Å². The number of ether oxygens (including phenoxy) is 1.